The molecule has 0 aliphatic rings. The van der Waals surface area contributed by atoms with E-state index in [1.807, 2.05) is 0 Å². The molecule has 26 heavy (non-hydrogen) atoms. The molecule has 0 saturated heterocycles. The van der Waals surface area contributed by atoms with Crippen LogP contribution in [0.4, 0.5) is 10.1 Å². The number of carbonyl (C=O) groups excluding carboxylic acids is 2. The second kappa shape index (κ2) is 8.82. The number of halogens is 1. The summed E-state index contributed by atoms with van der Waals surface area (Å²) in [5.41, 5.74) is 0.796. The molecule has 0 atom stereocenters. The predicted octanol–water partition coefficient (Wildman–Crippen LogP) is 2.49. The molecule has 0 heterocycles. The van der Waals surface area contributed by atoms with E-state index in [2.05, 4.69) is 5.32 Å². The highest BCUT2D eigenvalue weighted by molar-refractivity contribution is 5.94. The molecule has 1 N–H and O–H groups in total. The van der Waals surface area contributed by atoms with Gasteiger partial charge in [0.1, 0.15) is 5.82 Å². The van der Waals surface area contributed by atoms with Crippen molar-refractivity contribution in [2.75, 3.05) is 33.2 Å². The highest BCUT2D eigenvalue weighted by Gasteiger charge is 2.15. The van der Waals surface area contributed by atoms with E-state index >= 15 is 0 Å². The van der Waals surface area contributed by atoms with Crippen molar-refractivity contribution in [3.05, 3.63) is 53.8 Å². The molecule has 2 rings (SSSR count). The fourth-order valence-corrected chi connectivity index (χ4v) is 2.06. The molecule has 0 bridgehead atoms. The third-order valence-corrected chi connectivity index (χ3v) is 3.46. The molecule has 7 nitrogen and oxygen atoms in total. The standard InChI is InChI=1S/C18H19FN2O5/c1-21(25-3)18(23)12-4-9-15(16(10-12)24-2)26-11-17(22)20-14-7-5-13(19)6-8-14/h4-10H,11H2,1-3H3,(H,20,22). The maximum absolute atomic E-state index is 12.9. The van der Waals surface area contributed by atoms with E-state index in [1.54, 1.807) is 0 Å². The van der Waals surface area contributed by atoms with Gasteiger partial charge in [-0.05, 0) is 42.5 Å². The summed E-state index contributed by atoms with van der Waals surface area (Å²) in [4.78, 5) is 28.8. The van der Waals surface area contributed by atoms with E-state index in [0.29, 0.717) is 22.7 Å². The van der Waals surface area contributed by atoms with Crippen LogP contribution in [0, 0.1) is 5.82 Å². The molecule has 0 radical (unpaired) electrons. The Morgan fingerprint density at radius 3 is 2.38 bits per heavy atom. The van der Waals surface area contributed by atoms with Crippen molar-refractivity contribution < 1.29 is 28.3 Å². The summed E-state index contributed by atoms with van der Waals surface area (Å²) in [5.74, 6) is -0.560. The number of rotatable bonds is 7. The van der Waals surface area contributed by atoms with Crippen molar-refractivity contribution in [3.8, 4) is 11.5 Å². The summed E-state index contributed by atoms with van der Waals surface area (Å²) >= 11 is 0. The number of hydrogen-bond donors (Lipinski definition) is 1. The maximum atomic E-state index is 12.9. The van der Waals surface area contributed by atoms with Gasteiger partial charge in [-0.15, -0.1) is 0 Å². The van der Waals surface area contributed by atoms with E-state index < -0.39 is 11.7 Å². The van der Waals surface area contributed by atoms with E-state index in [1.165, 1.54) is 63.7 Å². The number of methoxy groups -OCH3 is 1. The lowest BCUT2D eigenvalue weighted by Crippen LogP contribution is -2.25. The SMILES string of the molecule is COc1cc(C(=O)N(C)OC)ccc1OCC(=O)Nc1ccc(F)cc1. The van der Waals surface area contributed by atoms with Gasteiger partial charge in [0.15, 0.2) is 18.1 Å². The van der Waals surface area contributed by atoms with Crippen molar-refractivity contribution in [1.82, 2.24) is 5.06 Å². The molecule has 0 aliphatic heterocycles. The summed E-state index contributed by atoms with van der Waals surface area (Å²) in [6.45, 7) is -0.279. The van der Waals surface area contributed by atoms with Gasteiger partial charge in [0.05, 0.1) is 14.2 Å². The Morgan fingerprint density at radius 1 is 1.08 bits per heavy atom. The lowest BCUT2D eigenvalue weighted by Gasteiger charge is -2.15. The Balaban J connectivity index is 2.01. The zero-order valence-corrected chi connectivity index (χ0v) is 14.6. The smallest absolute Gasteiger partial charge is 0.277 e. The fourth-order valence-electron chi connectivity index (χ4n) is 2.06. The zero-order valence-electron chi connectivity index (χ0n) is 14.6. The second-order valence-electron chi connectivity index (χ2n) is 5.19. The summed E-state index contributed by atoms with van der Waals surface area (Å²) in [5, 5.41) is 3.66. The van der Waals surface area contributed by atoms with Crippen molar-refractivity contribution >= 4 is 17.5 Å². The lowest BCUT2D eigenvalue weighted by molar-refractivity contribution is -0.118. The van der Waals surface area contributed by atoms with Gasteiger partial charge >= 0.3 is 0 Å². The highest BCUT2D eigenvalue weighted by atomic mass is 19.1. The second-order valence-corrected chi connectivity index (χ2v) is 5.19. The average molecular weight is 362 g/mol. The van der Waals surface area contributed by atoms with Crippen LogP contribution in [-0.4, -0.2) is 44.8 Å². The van der Waals surface area contributed by atoms with Crippen LogP contribution in [0.5, 0.6) is 11.5 Å². The lowest BCUT2D eigenvalue weighted by atomic mass is 10.2. The molecule has 0 aromatic heterocycles. The molecule has 0 spiro atoms. The van der Waals surface area contributed by atoms with Gasteiger partial charge in [0.2, 0.25) is 0 Å². The van der Waals surface area contributed by atoms with Crippen LogP contribution in [0.25, 0.3) is 0 Å². The largest absolute Gasteiger partial charge is 0.493 e. The number of carbonyl (C=O) groups is 2. The minimum absolute atomic E-state index is 0.279. The number of hydrogen-bond acceptors (Lipinski definition) is 5. The fraction of sp³-hybridized carbons (Fsp3) is 0.222. The summed E-state index contributed by atoms with van der Waals surface area (Å²) in [6.07, 6.45) is 0. The molecule has 0 saturated carbocycles. The van der Waals surface area contributed by atoms with Crippen LogP contribution < -0.4 is 14.8 Å². The first kappa shape index (κ1) is 19.2. The van der Waals surface area contributed by atoms with E-state index in [0.717, 1.165) is 5.06 Å². The molecule has 2 aromatic carbocycles. The topological polar surface area (TPSA) is 77.1 Å². The Kier molecular flexibility index (Phi) is 6.51. The summed E-state index contributed by atoms with van der Waals surface area (Å²) in [7, 11) is 4.29. The first-order chi connectivity index (χ1) is 12.4. The van der Waals surface area contributed by atoms with Crippen LogP contribution in [0.2, 0.25) is 0 Å². The minimum Gasteiger partial charge on any atom is -0.493 e. The van der Waals surface area contributed by atoms with Crippen LogP contribution >= 0.6 is 0 Å². The van der Waals surface area contributed by atoms with Crippen LogP contribution in [0.1, 0.15) is 10.4 Å². The third kappa shape index (κ3) is 4.93. The highest BCUT2D eigenvalue weighted by Crippen LogP contribution is 2.28. The number of nitrogens with one attached hydrogen (secondary N) is 1. The molecule has 2 amide bonds. The van der Waals surface area contributed by atoms with E-state index in [9.17, 15) is 14.0 Å². The normalized spacial score (nSPS) is 10.2. The van der Waals surface area contributed by atoms with E-state index in [-0.39, 0.29) is 12.5 Å². The van der Waals surface area contributed by atoms with Crippen LogP contribution in [0.15, 0.2) is 42.5 Å². The van der Waals surface area contributed by atoms with Crippen molar-refractivity contribution in [1.29, 1.82) is 0 Å². The van der Waals surface area contributed by atoms with Gasteiger partial charge in [0.25, 0.3) is 11.8 Å². The Hall–Kier alpha value is -3.13. The minimum atomic E-state index is -0.419. The molecule has 8 heteroatoms. The van der Waals surface area contributed by atoms with Gasteiger partial charge in [0, 0.05) is 18.3 Å². The Labute approximate surface area is 150 Å². The molecule has 0 fully saturated rings. The number of nitrogens with zero attached hydrogens (tertiary/aromatic N) is 1. The summed E-state index contributed by atoms with van der Waals surface area (Å²) < 4.78 is 23.5. The number of anilines is 1. The molecule has 2 aromatic rings. The molecular formula is C18H19FN2O5. The molecule has 0 aliphatic carbocycles. The molecular weight excluding hydrogens is 343 g/mol. The summed E-state index contributed by atoms with van der Waals surface area (Å²) in [6, 6.07) is 9.93. The quantitative estimate of drug-likeness (QED) is 0.766. The zero-order chi connectivity index (χ0) is 19.1. The van der Waals surface area contributed by atoms with Gasteiger partial charge < -0.3 is 14.8 Å². The number of benzene rings is 2. The van der Waals surface area contributed by atoms with Gasteiger partial charge in [-0.3, -0.25) is 14.4 Å². The maximum Gasteiger partial charge on any atom is 0.277 e. The van der Waals surface area contributed by atoms with Gasteiger partial charge in [-0.1, -0.05) is 0 Å². The Morgan fingerprint density at radius 2 is 1.77 bits per heavy atom. The van der Waals surface area contributed by atoms with Crippen molar-refractivity contribution in [2.45, 2.75) is 0 Å². The Bertz CT molecular complexity index is 780. The first-order valence-corrected chi connectivity index (χ1v) is 7.63. The predicted molar refractivity (Wildman–Crippen MR) is 92.6 cm³/mol. The van der Waals surface area contributed by atoms with Crippen molar-refractivity contribution in [2.24, 2.45) is 0 Å². The van der Waals surface area contributed by atoms with Crippen LogP contribution in [0.3, 0.4) is 0 Å². The number of hydroxylamine groups is 2. The third-order valence-electron chi connectivity index (χ3n) is 3.46. The molecule has 0 unspecified atom stereocenters. The van der Waals surface area contributed by atoms with Crippen molar-refractivity contribution in [3.63, 3.8) is 0 Å². The monoisotopic (exact) mass is 362 g/mol. The molecule has 138 valence electrons. The van der Waals surface area contributed by atoms with Gasteiger partial charge in [-0.25, -0.2) is 9.45 Å². The number of ether oxygens (including phenoxy) is 2. The van der Waals surface area contributed by atoms with E-state index in [4.69, 9.17) is 14.3 Å². The first-order valence-electron chi connectivity index (χ1n) is 7.63. The van der Waals surface area contributed by atoms with Crippen LogP contribution in [-0.2, 0) is 9.63 Å². The average Bonchev–Trinajstić information content (AvgIpc) is 2.66. The number of amides is 2. The van der Waals surface area contributed by atoms with Gasteiger partial charge in [-0.2, -0.15) is 0 Å².